The van der Waals surface area contributed by atoms with Gasteiger partial charge in [0.1, 0.15) is 11.3 Å². The van der Waals surface area contributed by atoms with Crippen LogP contribution in [-0.4, -0.2) is 15.3 Å². The number of carbonyl (C=O) groups is 1. The molecule has 4 nitrogen and oxygen atoms in total. The van der Waals surface area contributed by atoms with Crippen LogP contribution in [0.3, 0.4) is 0 Å². The van der Waals surface area contributed by atoms with Crippen molar-refractivity contribution in [1.29, 1.82) is 0 Å². The minimum atomic E-state index is -0.477. The average Bonchev–Trinajstić information content (AvgIpc) is 2.46. The van der Waals surface area contributed by atoms with Crippen molar-refractivity contribution < 1.29 is 4.79 Å². The second-order valence-corrected chi connectivity index (χ2v) is 3.50. The van der Waals surface area contributed by atoms with E-state index in [2.05, 4.69) is 20.9 Å². The number of pyridine rings is 1. The second kappa shape index (κ2) is 2.85. The molecule has 0 saturated heterocycles. The Kier molecular flexibility index (Phi) is 1.81. The van der Waals surface area contributed by atoms with E-state index in [0.29, 0.717) is 11.3 Å². The summed E-state index contributed by atoms with van der Waals surface area (Å²) in [5, 5.41) is 0. The predicted octanol–water partition coefficient (Wildman–Crippen LogP) is 1.20. The first-order valence-corrected chi connectivity index (χ1v) is 4.40. The summed E-state index contributed by atoms with van der Waals surface area (Å²) >= 11 is 3.31. The number of fused-ring (bicyclic) bond motifs is 1. The molecule has 2 aromatic rings. The van der Waals surface area contributed by atoms with Crippen molar-refractivity contribution in [3.63, 3.8) is 0 Å². The molecule has 5 heteroatoms. The summed E-state index contributed by atoms with van der Waals surface area (Å²) in [5.74, 6) is -0.477. The van der Waals surface area contributed by atoms with Crippen LogP contribution in [0.2, 0.25) is 0 Å². The molecular weight excluding hydrogens is 234 g/mol. The van der Waals surface area contributed by atoms with Gasteiger partial charge in [0.05, 0.1) is 6.20 Å². The Balaban J connectivity index is 2.76. The number of amides is 1. The molecule has 0 aliphatic heterocycles. The van der Waals surface area contributed by atoms with E-state index >= 15 is 0 Å². The molecule has 13 heavy (non-hydrogen) atoms. The SMILES string of the molecule is NC(=O)c1cnc2cc(Br)ccn12. The van der Waals surface area contributed by atoms with Crippen molar-refractivity contribution in [2.75, 3.05) is 0 Å². The lowest BCUT2D eigenvalue weighted by Gasteiger charge is -1.96. The highest BCUT2D eigenvalue weighted by molar-refractivity contribution is 9.10. The first kappa shape index (κ1) is 8.25. The van der Waals surface area contributed by atoms with Crippen LogP contribution >= 0.6 is 15.9 Å². The zero-order valence-electron chi connectivity index (χ0n) is 6.57. The van der Waals surface area contributed by atoms with Gasteiger partial charge < -0.3 is 5.73 Å². The molecular formula is C8H6BrN3O. The second-order valence-electron chi connectivity index (χ2n) is 2.58. The van der Waals surface area contributed by atoms with Gasteiger partial charge >= 0.3 is 0 Å². The van der Waals surface area contributed by atoms with Crippen molar-refractivity contribution in [2.45, 2.75) is 0 Å². The van der Waals surface area contributed by atoms with Gasteiger partial charge in [-0.1, -0.05) is 15.9 Å². The number of nitrogens with zero attached hydrogens (tertiary/aromatic N) is 2. The summed E-state index contributed by atoms with van der Waals surface area (Å²) in [5.41, 5.74) is 6.24. The fraction of sp³-hybridized carbons (Fsp3) is 0. The van der Waals surface area contributed by atoms with Crippen LogP contribution in [0.15, 0.2) is 29.0 Å². The molecule has 1 amide bonds. The van der Waals surface area contributed by atoms with E-state index in [1.54, 1.807) is 10.6 Å². The van der Waals surface area contributed by atoms with Crippen LogP contribution in [0.5, 0.6) is 0 Å². The number of rotatable bonds is 1. The van der Waals surface area contributed by atoms with Crippen LogP contribution in [-0.2, 0) is 0 Å². The maximum absolute atomic E-state index is 10.9. The molecule has 2 rings (SSSR count). The highest BCUT2D eigenvalue weighted by Crippen LogP contribution is 2.13. The zero-order chi connectivity index (χ0) is 9.42. The lowest BCUT2D eigenvalue weighted by molar-refractivity contribution is 0.0995. The molecule has 2 aromatic heterocycles. The molecule has 0 aliphatic carbocycles. The number of hydrogen-bond donors (Lipinski definition) is 1. The van der Waals surface area contributed by atoms with Gasteiger partial charge in [-0.3, -0.25) is 9.20 Å². The third-order valence-corrected chi connectivity index (χ3v) is 2.22. The highest BCUT2D eigenvalue weighted by atomic mass is 79.9. The van der Waals surface area contributed by atoms with Gasteiger partial charge in [0.15, 0.2) is 0 Å². The van der Waals surface area contributed by atoms with E-state index in [9.17, 15) is 4.79 Å². The largest absolute Gasteiger partial charge is 0.364 e. The summed E-state index contributed by atoms with van der Waals surface area (Å²) in [6, 6.07) is 3.63. The van der Waals surface area contributed by atoms with Gasteiger partial charge in [-0.2, -0.15) is 0 Å². The molecule has 0 aliphatic rings. The highest BCUT2D eigenvalue weighted by Gasteiger charge is 2.07. The molecule has 0 unspecified atom stereocenters. The monoisotopic (exact) mass is 239 g/mol. The van der Waals surface area contributed by atoms with Gasteiger partial charge in [-0.15, -0.1) is 0 Å². The third-order valence-electron chi connectivity index (χ3n) is 1.73. The number of carbonyl (C=O) groups excluding carboxylic acids is 1. The standard InChI is InChI=1S/C8H6BrN3O/c9-5-1-2-12-6(8(10)13)4-11-7(12)3-5/h1-4H,(H2,10,13). The minimum Gasteiger partial charge on any atom is -0.364 e. The zero-order valence-corrected chi connectivity index (χ0v) is 8.15. The van der Waals surface area contributed by atoms with Crippen LogP contribution < -0.4 is 5.73 Å². The molecule has 0 bridgehead atoms. The van der Waals surface area contributed by atoms with E-state index in [-0.39, 0.29) is 0 Å². The molecule has 0 aromatic carbocycles. The lowest BCUT2D eigenvalue weighted by Crippen LogP contribution is -2.13. The molecule has 0 radical (unpaired) electrons. The van der Waals surface area contributed by atoms with Crippen LogP contribution in [0.1, 0.15) is 10.5 Å². The summed E-state index contributed by atoms with van der Waals surface area (Å²) < 4.78 is 2.56. The van der Waals surface area contributed by atoms with Gasteiger partial charge in [-0.05, 0) is 12.1 Å². The number of halogens is 1. The molecule has 2 N–H and O–H groups in total. The van der Waals surface area contributed by atoms with Gasteiger partial charge in [0.2, 0.25) is 0 Å². The normalized spacial score (nSPS) is 10.5. The average molecular weight is 240 g/mol. The molecule has 0 atom stereocenters. The smallest absolute Gasteiger partial charge is 0.267 e. The summed E-state index contributed by atoms with van der Waals surface area (Å²) in [6.45, 7) is 0. The first-order valence-electron chi connectivity index (χ1n) is 3.61. The quantitative estimate of drug-likeness (QED) is 0.813. The van der Waals surface area contributed by atoms with Crippen molar-refractivity contribution >= 4 is 27.5 Å². The molecule has 0 saturated carbocycles. The van der Waals surface area contributed by atoms with E-state index in [1.165, 1.54) is 6.20 Å². The van der Waals surface area contributed by atoms with Crippen molar-refractivity contribution in [2.24, 2.45) is 5.73 Å². The third kappa shape index (κ3) is 1.31. The first-order chi connectivity index (χ1) is 6.18. The molecule has 66 valence electrons. The molecule has 0 fully saturated rings. The van der Waals surface area contributed by atoms with Crippen molar-refractivity contribution in [1.82, 2.24) is 9.38 Å². The fourth-order valence-corrected chi connectivity index (χ4v) is 1.46. The fourth-order valence-electron chi connectivity index (χ4n) is 1.14. The van der Waals surface area contributed by atoms with Crippen LogP contribution in [0.25, 0.3) is 5.65 Å². The van der Waals surface area contributed by atoms with Crippen LogP contribution in [0.4, 0.5) is 0 Å². The van der Waals surface area contributed by atoms with Crippen molar-refractivity contribution in [3.05, 3.63) is 34.7 Å². The molecule has 2 heterocycles. The Bertz CT molecular complexity index is 477. The van der Waals surface area contributed by atoms with E-state index in [0.717, 1.165) is 4.47 Å². The number of aromatic nitrogens is 2. The topological polar surface area (TPSA) is 60.4 Å². The summed E-state index contributed by atoms with van der Waals surface area (Å²) in [7, 11) is 0. The van der Waals surface area contributed by atoms with Crippen LogP contribution in [0, 0.1) is 0 Å². The Hall–Kier alpha value is -1.36. The molecule has 0 spiro atoms. The number of imidazole rings is 1. The Labute approximate surface area is 82.5 Å². The maximum Gasteiger partial charge on any atom is 0.267 e. The summed E-state index contributed by atoms with van der Waals surface area (Å²) in [6.07, 6.45) is 3.20. The van der Waals surface area contributed by atoms with Gasteiger partial charge in [0.25, 0.3) is 5.91 Å². The maximum atomic E-state index is 10.9. The number of hydrogen-bond acceptors (Lipinski definition) is 2. The lowest BCUT2D eigenvalue weighted by atomic mass is 10.4. The van der Waals surface area contributed by atoms with Gasteiger partial charge in [0, 0.05) is 10.7 Å². The van der Waals surface area contributed by atoms with Crippen molar-refractivity contribution in [3.8, 4) is 0 Å². The summed E-state index contributed by atoms with van der Waals surface area (Å²) in [4.78, 5) is 14.9. The van der Waals surface area contributed by atoms with Gasteiger partial charge in [-0.25, -0.2) is 4.98 Å². The van der Waals surface area contributed by atoms with E-state index < -0.39 is 5.91 Å². The minimum absolute atomic E-state index is 0.391. The Morgan fingerprint density at radius 2 is 2.38 bits per heavy atom. The number of primary amides is 1. The Morgan fingerprint density at radius 1 is 1.62 bits per heavy atom. The Morgan fingerprint density at radius 3 is 3.08 bits per heavy atom. The van der Waals surface area contributed by atoms with E-state index in [4.69, 9.17) is 5.73 Å². The number of nitrogens with two attached hydrogens (primary N) is 1. The predicted molar refractivity (Wildman–Crippen MR) is 51.4 cm³/mol. The van der Waals surface area contributed by atoms with E-state index in [1.807, 2.05) is 12.1 Å².